The van der Waals surface area contributed by atoms with Crippen molar-refractivity contribution in [1.29, 1.82) is 0 Å². The summed E-state index contributed by atoms with van der Waals surface area (Å²) in [6, 6.07) is 15.9. The van der Waals surface area contributed by atoms with Gasteiger partial charge in [-0.3, -0.25) is 9.69 Å². The summed E-state index contributed by atoms with van der Waals surface area (Å²) in [5.74, 6) is 0.721. The standard InChI is InChI=1S/C20H19NO2S2/c1-3-21-19(22)18(25-20(21)24)12-15-9-6-7-11-17(15)23-13-16-10-5-4-8-14(16)2/h4-12H,3,13H2,1-2H3/b18-12+. The monoisotopic (exact) mass is 369 g/mol. The van der Waals surface area contributed by atoms with E-state index in [1.807, 2.05) is 49.4 Å². The molecule has 2 aromatic rings. The SMILES string of the molecule is CCN1C(=O)/C(=C\c2ccccc2OCc2ccccc2C)SC1=S. The molecule has 0 bridgehead atoms. The van der Waals surface area contributed by atoms with Gasteiger partial charge in [0.2, 0.25) is 0 Å². The van der Waals surface area contributed by atoms with E-state index in [1.54, 1.807) is 4.90 Å². The topological polar surface area (TPSA) is 29.5 Å². The van der Waals surface area contributed by atoms with Crippen molar-refractivity contribution in [3.63, 3.8) is 0 Å². The van der Waals surface area contributed by atoms with E-state index in [0.29, 0.717) is 22.4 Å². The molecule has 1 saturated heterocycles. The third-order valence-corrected chi connectivity index (χ3v) is 5.42. The summed E-state index contributed by atoms with van der Waals surface area (Å²) >= 11 is 6.61. The van der Waals surface area contributed by atoms with Gasteiger partial charge < -0.3 is 4.74 Å². The Morgan fingerprint density at radius 3 is 2.60 bits per heavy atom. The van der Waals surface area contributed by atoms with Crippen molar-refractivity contribution < 1.29 is 9.53 Å². The summed E-state index contributed by atoms with van der Waals surface area (Å²) in [5.41, 5.74) is 3.23. The maximum Gasteiger partial charge on any atom is 0.266 e. The van der Waals surface area contributed by atoms with Crippen LogP contribution in [0.3, 0.4) is 0 Å². The molecule has 2 aromatic carbocycles. The van der Waals surface area contributed by atoms with E-state index < -0.39 is 0 Å². The van der Waals surface area contributed by atoms with Crippen LogP contribution >= 0.6 is 24.0 Å². The lowest BCUT2D eigenvalue weighted by molar-refractivity contribution is -0.121. The molecule has 1 aliphatic rings. The molecule has 0 unspecified atom stereocenters. The van der Waals surface area contributed by atoms with E-state index in [0.717, 1.165) is 16.9 Å². The molecule has 1 heterocycles. The molecule has 128 valence electrons. The molecular weight excluding hydrogens is 350 g/mol. The molecular formula is C20H19NO2S2. The van der Waals surface area contributed by atoms with Crippen molar-refractivity contribution in [1.82, 2.24) is 4.90 Å². The molecule has 0 aromatic heterocycles. The number of hydrogen-bond acceptors (Lipinski definition) is 4. The molecule has 0 aliphatic carbocycles. The summed E-state index contributed by atoms with van der Waals surface area (Å²) in [6.07, 6.45) is 1.86. The number of para-hydroxylation sites is 1. The van der Waals surface area contributed by atoms with Crippen LogP contribution in [0, 0.1) is 6.92 Å². The summed E-state index contributed by atoms with van der Waals surface area (Å²) in [5, 5.41) is 0. The number of carbonyl (C=O) groups excluding carboxylic acids is 1. The highest BCUT2D eigenvalue weighted by Gasteiger charge is 2.30. The lowest BCUT2D eigenvalue weighted by Gasteiger charge is -2.11. The Labute approximate surface area is 157 Å². The number of benzene rings is 2. The predicted octanol–water partition coefficient (Wildman–Crippen LogP) is 4.80. The van der Waals surface area contributed by atoms with Gasteiger partial charge in [-0.2, -0.15) is 0 Å². The first-order valence-corrected chi connectivity index (χ1v) is 9.34. The van der Waals surface area contributed by atoms with Crippen molar-refractivity contribution in [3.8, 4) is 5.75 Å². The largest absolute Gasteiger partial charge is 0.488 e. The van der Waals surface area contributed by atoms with Gasteiger partial charge >= 0.3 is 0 Å². The van der Waals surface area contributed by atoms with Gasteiger partial charge in [-0.05, 0) is 37.1 Å². The Morgan fingerprint density at radius 2 is 1.88 bits per heavy atom. The molecule has 1 aliphatic heterocycles. The van der Waals surface area contributed by atoms with Crippen LogP contribution in [-0.4, -0.2) is 21.7 Å². The molecule has 5 heteroatoms. The van der Waals surface area contributed by atoms with Crippen molar-refractivity contribution >= 4 is 40.3 Å². The van der Waals surface area contributed by atoms with Crippen molar-refractivity contribution in [3.05, 3.63) is 70.1 Å². The smallest absolute Gasteiger partial charge is 0.266 e. The Morgan fingerprint density at radius 1 is 1.16 bits per heavy atom. The summed E-state index contributed by atoms with van der Waals surface area (Å²) in [4.78, 5) is 14.6. The normalized spacial score (nSPS) is 15.9. The number of rotatable bonds is 5. The summed E-state index contributed by atoms with van der Waals surface area (Å²) in [7, 11) is 0. The Hall–Kier alpha value is -2.11. The van der Waals surface area contributed by atoms with Gasteiger partial charge in [-0.15, -0.1) is 0 Å². The van der Waals surface area contributed by atoms with Crippen LogP contribution in [-0.2, 0) is 11.4 Å². The van der Waals surface area contributed by atoms with Gasteiger partial charge in [-0.1, -0.05) is 66.4 Å². The Balaban J connectivity index is 1.82. The number of amides is 1. The van der Waals surface area contributed by atoms with E-state index in [4.69, 9.17) is 17.0 Å². The molecule has 0 radical (unpaired) electrons. The maximum atomic E-state index is 12.4. The Bertz CT molecular complexity index is 845. The van der Waals surface area contributed by atoms with Crippen molar-refractivity contribution in [2.24, 2.45) is 0 Å². The predicted molar refractivity (Wildman–Crippen MR) is 108 cm³/mol. The number of thiocarbonyl (C=S) groups is 1. The number of ether oxygens (including phenoxy) is 1. The third kappa shape index (κ3) is 3.94. The van der Waals surface area contributed by atoms with E-state index in [1.165, 1.54) is 17.3 Å². The van der Waals surface area contributed by atoms with Gasteiger partial charge in [0.1, 0.15) is 16.7 Å². The van der Waals surface area contributed by atoms with E-state index in [-0.39, 0.29) is 5.91 Å². The highest BCUT2D eigenvalue weighted by Crippen LogP contribution is 2.34. The maximum absolute atomic E-state index is 12.4. The van der Waals surface area contributed by atoms with Crippen LogP contribution < -0.4 is 4.74 Å². The van der Waals surface area contributed by atoms with Gasteiger partial charge in [0, 0.05) is 12.1 Å². The first-order valence-electron chi connectivity index (χ1n) is 8.12. The highest BCUT2D eigenvalue weighted by atomic mass is 32.2. The minimum Gasteiger partial charge on any atom is -0.488 e. The van der Waals surface area contributed by atoms with Gasteiger partial charge in [0.15, 0.2) is 0 Å². The highest BCUT2D eigenvalue weighted by molar-refractivity contribution is 8.26. The number of likely N-dealkylation sites (N-methyl/N-ethyl adjacent to an activating group) is 1. The van der Waals surface area contributed by atoms with Crippen molar-refractivity contribution in [2.45, 2.75) is 20.5 Å². The molecule has 0 atom stereocenters. The number of nitrogens with zero attached hydrogens (tertiary/aromatic N) is 1. The second kappa shape index (κ2) is 7.85. The van der Waals surface area contributed by atoms with Crippen LogP contribution in [0.5, 0.6) is 5.75 Å². The Kier molecular flexibility index (Phi) is 5.56. The quantitative estimate of drug-likeness (QED) is 0.559. The lowest BCUT2D eigenvalue weighted by Crippen LogP contribution is -2.27. The van der Waals surface area contributed by atoms with Crippen LogP contribution in [0.25, 0.3) is 6.08 Å². The number of thioether (sulfide) groups is 1. The second-order valence-electron chi connectivity index (χ2n) is 5.68. The average Bonchev–Trinajstić information content (AvgIpc) is 2.88. The molecule has 3 nitrogen and oxygen atoms in total. The molecule has 1 amide bonds. The molecule has 0 N–H and O–H groups in total. The lowest BCUT2D eigenvalue weighted by atomic mass is 10.1. The average molecular weight is 370 g/mol. The molecule has 25 heavy (non-hydrogen) atoms. The third-order valence-electron chi connectivity index (χ3n) is 4.04. The van der Waals surface area contributed by atoms with E-state index >= 15 is 0 Å². The zero-order valence-corrected chi connectivity index (χ0v) is 15.8. The summed E-state index contributed by atoms with van der Waals surface area (Å²) in [6.45, 7) is 5.08. The fourth-order valence-corrected chi connectivity index (χ4v) is 3.95. The second-order valence-corrected chi connectivity index (χ2v) is 7.35. The number of hydrogen-bond donors (Lipinski definition) is 0. The van der Waals surface area contributed by atoms with Gasteiger partial charge in [0.25, 0.3) is 5.91 Å². The summed E-state index contributed by atoms with van der Waals surface area (Å²) < 4.78 is 6.63. The van der Waals surface area contributed by atoms with Gasteiger partial charge in [-0.25, -0.2) is 0 Å². The minimum atomic E-state index is -0.0359. The first-order chi connectivity index (χ1) is 12.1. The van der Waals surface area contributed by atoms with Crippen LogP contribution in [0.4, 0.5) is 0 Å². The van der Waals surface area contributed by atoms with E-state index in [2.05, 4.69) is 19.1 Å². The molecule has 0 saturated carbocycles. The van der Waals surface area contributed by atoms with Crippen LogP contribution in [0.15, 0.2) is 53.4 Å². The van der Waals surface area contributed by atoms with E-state index in [9.17, 15) is 4.79 Å². The molecule has 0 spiro atoms. The number of carbonyl (C=O) groups is 1. The fourth-order valence-electron chi connectivity index (χ4n) is 2.57. The van der Waals surface area contributed by atoms with Crippen LogP contribution in [0.1, 0.15) is 23.6 Å². The zero-order valence-electron chi connectivity index (χ0n) is 14.2. The molecule has 1 fully saturated rings. The number of aryl methyl sites for hydroxylation is 1. The van der Waals surface area contributed by atoms with Crippen LogP contribution in [0.2, 0.25) is 0 Å². The first kappa shape index (κ1) is 17.7. The van der Waals surface area contributed by atoms with Gasteiger partial charge in [0.05, 0.1) is 4.91 Å². The molecule has 3 rings (SSSR count). The van der Waals surface area contributed by atoms with Crippen molar-refractivity contribution in [2.75, 3.05) is 6.54 Å². The zero-order chi connectivity index (χ0) is 17.8. The minimum absolute atomic E-state index is 0.0359. The fraction of sp³-hybridized carbons (Fsp3) is 0.200.